The van der Waals surface area contributed by atoms with Crippen molar-refractivity contribution in [1.29, 1.82) is 0 Å². The first-order chi connectivity index (χ1) is 18.0. The Bertz CT molecular complexity index is 1320. The Hall–Kier alpha value is -3.18. The summed E-state index contributed by atoms with van der Waals surface area (Å²) in [5.41, 5.74) is 0.644. The second-order valence-electron chi connectivity index (χ2n) is 9.80. The van der Waals surface area contributed by atoms with E-state index in [1.807, 2.05) is 9.80 Å². The van der Waals surface area contributed by atoms with E-state index in [-0.39, 0.29) is 22.6 Å². The molecule has 0 atom stereocenters. The van der Waals surface area contributed by atoms with Gasteiger partial charge in [-0.3, -0.25) is 14.4 Å². The first kappa shape index (κ1) is 27.8. The molecule has 0 bridgehead atoms. The third-order valence-corrected chi connectivity index (χ3v) is 8.37. The van der Waals surface area contributed by atoms with E-state index in [0.29, 0.717) is 67.8 Å². The standard InChI is InChI=1S/C26H32ClN5O5S/c1-18(33)30-10-12-31(13-11-30)24(34)14-19-6-8-32(9-7-19)25-23(16-22(17-28-25)38(2,36)37)29-26(35)20-4-3-5-21(27)15-20/h3-5,15-17,19H,6-14H2,1-2H3,(H,29,35). The molecule has 2 aromatic rings. The van der Waals surface area contributed by atoms with E-state index < -0.39 is 15.7 Å². The van der Waals surface area contributed by atoms with E-state index >= 15 is 0 Å². The van der Waals surface area contributed by atoms with Gasteiger partial charge in [0.15, 0.2) is 15.7 Å². The summed E-state index contributed by atoms with van der Waals surface area (Å²) in [6.07, 6.45) is 4.37. The van der Waals surface area contributed by atoms with Gasteiger partial charge in [0.05, 0.1) is 10.6 Å². The van der Waals surface area contributed by atoms with E-state index in [0.717, 1.165) is 19.1 Å². The molecule has 3 heterocycles. The number of rotatable bonds is 6. The number of carbonyl (C=O) groups excluding carboxylic acids is 3. The Morgan fingerprint density at radius 3 is 2.29 bits per heavy atom. The van der Waals surface area contributed by atoms with Crippen LogP contribution in [0.2, 0.25) is 5.02 Å². The van der Waals surface area contributed by atoms with E-state index in [9.17, 15) is 22.8 Å². The fourth-order valence-electron chi connectivity index (χ4n) is 4.81. The predicted molar refractivity (Wildman–Crippen MR) is 145 cm³/mol. The summed E-state index contributed by atoms with van der Waals surface area (Å²) in [7, 11) is -3.54. The molecular weight excluding hydrogens is 530 g/mol. The number of nitrogens with zero attached hydrogens (tertiary/aromatic N) is 4. The largest absolute Gasteiger partial charge is 0.355 e. The number of piperidine rings is 1. The summed E-state index contributed by atoms with van der Waals surface area (Å²) in [6.45, 7) is 5.02. The van der Waals surface area contributed by atoms with E-state index in [2.05, 4.69) is 10.3 Å². The molecule has 0 aliphatic carbocycles. The molecule has 0 saturated carbocycles. The van der Waals surface area contributed by atoms with Crippen molar-refractivity contribution in [2.75, 3.05) is 55.7 Å². The maximum Gasteiger partial charge on any atom is 0.255 e. The number of pyridine rings is 1. The summed E-state index contributed by atoms with van der Waals surface area (Å²) in [5, 5.41) is 3.22. The number of benzene rings is 1. The molecule has 2 aliphatic heterocycles. The van der Waals surface area contributed by atoms with Crippen molar-refractivity contribution in [1.82, 2.24) is 14.8 Å². The number of amides is 3. The topological polar surface area (TPSA) is 120 Å². The van der Waals surface area contributed by atoms with Gasteiger partial charge in [0.25, 0.3) is 5.91 Å². The fourth-order valence-corrected chi connectivity index (χ4v) is 5.57. The lowest BCUT2D eigenvalue weighted by Crippen LogP contribution is -2.50. The highest BCUT2D eigenvalue weighted by Gasteiger charge is 2.28. The van der Waals surface area contributed by atoms with Crippen LogP contribution in [0.5, 0.6) is 0 Å². The second-order valence-corrected chi connectivity index (χ2v) is 12.3. The van der Waals surface area contributed by atoms with Crippen LogP contribution < -0.4 is 10.2 Å². The van der Waals surface area contributed by atoms with Crippen LogP contribution in [0.25, 0.3) is 0 Å². The molecule has 1 aromatic carbocycles. The van der Waals surface area contributed by atoms with Gasteiger partial charge in [0.1, 0.15) is 0 Å². The lowest BCUT2D eigenvalue weighted by atomic mass is 9.92. The molecule has 3 amide bonds. The van der Waals surface area contributed by atoms with Gasteiger partial charge in [-0.25, -0.2) is 13.4 Å². The zero-order chi connectivity index (χ0) is 27.4. The molecule has 4 rings (SSSR count). The van der Waals surface area contributed by atoms with Crippen molar-refractivity contribution in [3.8, 4) is 0 Å². The van der Waals surface area contributed by atoms with Crippen molar-refractivity contribution < 1.29 is 22.8 Å². The van der Waals surface area contributed by atoms with Gasteiger partial charge >= 0.3 is 0 Å². The number of anilines is 2. The van der Waals surface area contributed by atoms with E-state index in [1.54, 1.807) is 30.0 Å². The molecular formula is C26H32ClN5O5S. The summed E-state index contributed by atoms with van der Waals surface area (Å²) in [6, 6.07) is 7.91. The molecule has 1 N–H and O–H groups in total. The third kappa shape index (κ3) is 6.82. The molecule has 204 valence electrons. The molecule has 0 radical (unpaired) electrons. The molecule has 10 nitrogen and oxygen atoms in total. The Kier molecular flexibility index (Phi) is 8.57. The molecule has 2 fully saturated rings. The highest BCUT2D eigenvalue weighted by atomic mass is 35.5. The van der Waals surface area contributed by atoms with E-state index in [4.69, 9.17) is 11.6 Å². The molecule has 0 spiro atoms. The van der Waals surface area contributed by atoms with Gasteiger partial charge in [-0.05, 0) is 43.0 Å². The van der Waals surface area contributed by atoms with Gasteiger partial charge in [-0.15, -0.1) is 0 Å². The number of hydrogen-bond acceptors (Lipinski definition) is 7. The molecule has 1 aromatic heterocycles. The predicted octanol–water partition coefficient (Wildman–Crippen LogP) is 2.69. The molecule has 2 aliphatic rings. The van der Waals surface area contributed by atoms with Crippen molar-refractivity contribution >= 4 is 50.7 Å². The number of carbonyl (C=O) groups is 3. The number of halogens is 1. The van der Waals surface area contributed by atoms with Crippen LogP contribution >= 0.6 is 11.6 Å². The average molecular weight is 562 g/mol. The minimum absolute atomic E-state index is 0.00740. The minimum Gasteiger partial charge on any atom is -0.355 e. The van der Waals surface area contributed by atoms with Gasteiger partial charge < -0.3 is 20.0 Å². The Labute approximate surface area is 227 Å². The summed E-state index contributed by atoms with van der Waals surface area (Å²) < 4.78 is 24.3. The van der Waals surface area contributed by atoms with Crippen molar-refractivity contribution in [2.24, 2.45) is 5.92 Å². The molecule has 0 unspecified atom stereocenters. The fraction of sp³-hybridized carbons (Fsp3) is 0.462. The highest BCUT2D eigenvalue weighted by Crippen LogP contribution is 2.31. The summed E-state index contributed by atoms with van der Waals surface area (Å²) in [5.74, 6) is 0.413. The minimum atomic E-state index is -3.54. The first-order valence-corrected chi connectivity index (χ1v) is 14.8. The highest BCUT2D eigenvalue weighted by molar-refractivity contribution is 7.90. The van der Waals surface area contributed by atoms with E-state index in [1.165, 1.54) is 18.3 Å². The Morgan fingerprint density at radius 2 is 1.68 bits per heavy atom. The number of hydrogen-bond donors (Lipinski definition) is 1. The smallest absolute Gasteiger partial charge is 0.255 e. The second kappa shape index (κ2) is 11.7. The number of piperazine rings is 1. The van der Waals surface area contributed by atoms with Crippen molar-refractivity contribution in [3.05, 3.63) is 47.1 Å². The zero-order valence-corrected chi connectivity index (χ0v) is 23.1. The monoisotopic (exact) mass is 561 g/mol. The Morgan fingerprint density at radius 1 is 1.03 bits per heavy atom. The summed E-state index contributed by atoms with van der Waals surface area (Å²) >= 11 is 6.03. The van der Waals surface area contributed by atoms with Crippen LogP contribution in [0, 0.1) is 5.92 Å². The first-order valence-electron chi connectivity index (χ1n) is 12.6. The number of nitrogens with one attached hydrogen (secondary N) is 1. The summed E-state index contributed by atoms with van der Waals surface area (Å²) in [4.78, 5) is 47.3. The Balaban J connectivity index is 1.42. The van der Waals surface area contributed by atoms with Gasteiger partial charge in [0.2, 0.25) is 11.8 Å². The maximum atomic E-state index is 12.9. The SMILES string of the molecule is CC(=O)N1CCN(C(=O)CC2CCN(c3ncc(S(C)(=O)=O)cc3NC(=O)c3cccc(Cl)c3)CC2)CC1. The van der Waals surface area contributed by atoms with Gasteiger partial charge in [0, 0.05) is 75.7 Å². The average Bonchev–Trinajstić information content (AvgIpc) is 2.88. The number of aromatic nitrogens is 1. The molecule has 12 heteroatoms. The van der Waals surface area contributed by atoms with Gasteiger partial charge in [-0.1, -0.05) is 17.7 Å². The normalized spacial score (nSPS) is 16.9. The lowest BCUT2D eigenvalue weighted by molar-refractivity contribution is -0.139. The van der Waals surface area contributed by atoms with Crippen molar-refractivity contribution in [2.45, 2.75) is 31.1 Å². The van der Waals surface area contributed by atoms with Crippen LogP contribution in [0.3, 0.4) is 0 Å². The maximum absolute atomic E-state index is 12.9. The van der Waals surface area contributed by atoms with Crippen LogP contribution in [-0.4, -0.2) is 86.4 Å². The zero-order valence-electron chi connectivity index (χ0n) is 21.5. The molecule has 38 heavy (non-hydrogen) atoms. The quantitative estimate of drug-likeness (QED) is 0.575. The third-order valence-electron chi connectivity index (χ3n) is 7.06. The van der Waals surface area contributed by atoms with Crippen LogP contribution in [-0.2, 0) is 19.4 Å². The van der Waals surface area contributed by atoms with Crippen LogP contribution in [0.1, 0.15) is 36.5 Å². The van der Waals surface area contributed by atoms with Gasteiger partial charge in [-0.2, -0.15) is 0 Å². The van der Waals surface area contributed by atoms with Crippen LogP contribution in [0.15, 0.2) is 41.4 Å². The lowest BCUT2D eigenvalue weighted by Gasteiger charge is -2.37. The molecule has 2 saturated heterocycles. The van der Waals surface area contributed by atoms with Crippen LogP contribution in [0.4, 0.5) is 11.5 Å². The number of sulfone groups is 1. The van der Waals surface area contributed by atoms with Crippen molar-refractivity contribution in [3.63, 3.8) is 0 Å².